The van der Waals surface area contributed by atoms with E-state index in [4.69, 9.17) is 21.4 Å². The van der Waals surface area contributed by atoms with Gasteiger partial charge in [-0.15, -0.1) is 0 Å². The lowest BCUT2D eigenvalue weighted by molar-refractivity contribution is 0.161. The Bertz CT molecular complexity index is 1370. The number of hydrogen-bond donors (Lipinski definition) is 1. The van der Waals surface area contributed by atoms with Gasteiger partial charge in [0.05, 0.1) is 36.4 Å². The molecule has 3 atom stereocenters. The first-order chi connectivity index (χ1) is 19.8. The van der Waals surface area contributed by atoms with Crippen LogP contribution in [0, 0.1) is 23.0 Å². The molecule has 41 heavy (non-hydrogen) atoms. The Kier molecular flexibility index (Phi) is 11.3. The molecule has 0 amide bonds. The molecular weight excluding hydrogens is 542 g/mol. The van der Waals surface area contributed by atoms with Gasteiger partial charge in [-0.25, -0.2) is 8.78 Å². The fourth-order valence-corrected chi connectivity index (χ4v) is 6.99. The smallest absolute Gasteiger partial charge is 0.174 e. The molecule has 0 fully saturated rings. The van der Waals surface area contributed by atoms with E-state index in [-0.39, 0.29) is 45.5 Å². The third-order valence-corrected chi connectivity index (χ3v) is 8.72. The lowest BCUT2D eigenvalue weighted by Crippen LogP contribution is -2.54. The summed E-state index contributed by atoms with van der Waals surface area (Å²) in [6.45, 7) is 8.74. The van der Waals surface area contributed by atoms with Crippen LogP contribution >= 0.6 is 11.6 Å². The van der Waals surface area contributed by atoms with Gasteiger partial charge < -0.3 is 9.84 Å². The van der Waals surface area contributed by atoms with E-state index in [0.29, 0.717) is 17.5 Å². The highest BCUT2D eigenvalue weighted by molar-refractivity contribution is 6.34. The summed E-state index contributed by atoms with van der Waals surface area (Å²) in [7, 11) is 3.19. The highest BCUT2D eigenvalue weighted by Crippen LogP contribution is 2.60. The van der Waals surface area contributed by atoms with E-state index in [1.165, 1.54) is 12.1 Å². The number of aliphatic hydroxyl groups is 1. The van der Waals surface area contributed by atoms with Crippen molar-refractivity contribution in [2.75, 3.05) is 20.8 Å². The van der Waals surface area contributed by atoms with Crippen molar-refractivity contribution in [1.82, 2.24) is 4.48 Å². The summed E-state index contributed by atoms with van der Waals surface area (Å²) in [6, 6.07) is 17.2. The molecule has 1 aliphatic heterocycles. The lowest BCUT2D eigenvalue weighted by atomic mass is 9.85. The Morgan fingerprint density at radius 2 is 1.63 bits per heavy atom. The van der Waals surface area contributed by atoms with Gasteiger partial charge in [0.2, 0.25) is 0 Å². The zero-order valence-electron chi connectivity index (χ0n) is 25.0. The van der Waals surface area contributed by atoms with E-state index >= 15 is 8.78 Å². The lowest BCUT2D eigenvalue weighted by Gasteiger charge is -2.44. The third-order valence-electron chi connectivity index (χ3n) is 8.35. The number of nitrogens with zero attached hydrogens (tertiary/aromatic N) is 2. The van der Waals surface area contributed by atoms with E-state index in [1.54, 1.807) is 6.07 Å². The average Bonchev–Trinajstić information content (AvgIpc) is 3.21. The number of halogens is 3. The second-order valence-electron chi connectivity index (χ2n) is 10.8. The molecule has 4 nitrogen and oxygen atoms in total. The predicted octanol–water partition coefficient (Wildman–Crippen LogP) is 9.32. The molecule has 0 aromatic heterocycles. The molecule has 0 aliphatic carbocycles. The maximum Gasteiger partial charge on any atom is 0.174 e. The zero-order chi connectivity index (χ0) is 30.3. The van der Waals surface area contributed by atoms with Gasteiger partial charge >= 0.3 is 0 Å². The number of benzene rings is 3. The SMILES string of the molecule is CCCOc1ccc(C#N)c(-c2c(Cl)c(F)cc3c2[C@H](C)C(c2ccccc2)[N+]3(C)C(CCC)CCC)c1F.CO. The van der Waals surface area contributed by atoms with E-state index in [9.17, 15) is 5.26 Å². The molecule has 0 bridgehead atoms. The average molecular weight is 584 g/mol. The molecule has 1 heterocycles. The molecule has 3 aromatic rings. The Hall–Kier alpha value is -2.98. The molecular formula is C34H42ClF2N2O2+. The number of ether oxygens (including phenoxy) is 1. The summed E-state index contributed by atoms with van der Waals surface area (Å²) in [5.74, 6) is -1.37. The molecule has 220 valence electrons. The van der Waals surface area contributed by atoms with Crippen LogP contribution in [0.25, 0.3) is 11.1 Å². The second kappa shape index (κ2) is 14.3. The highest BCUT2D eigenvalue weighted by atomic mass is 35.5. The van der Waals surface area contributed by atoms with Gasteiger partial charge in [0, 0.05) is 41.3 Å². The highest BCUT2D eigenvalue weighted by Gasteiger charge is 2.54. The van der Waals surface area contributed by atoms with Crippen LogP contribution in [0.2, 0.25) is 5.02 Å². The summed E-state index contributed by atoms with van der Waals surface area (Å²) in [4.78, 5) is 0. The number of nitriles is 1. The number of likely N-dealkylation sites (N-methyl/N-ethyl adjacent to an activating group) is 1. The topological polar surface area (TPSA) is 53.2 Å². The van der Waals surface area contributed by atoms with Gasteiger partial charge in [-0.05, 0) is 31.4 Å². The van der Waals surface area contributed by atoms with Crippen molar-refractivity contribution in [3.8, 4) is 22.9 Å². The Morgan fingerprint density at radius 3 is 2.20 bits per heavy atom. The van der Waals surface area contributed by atoms with Crippen LogP contribution in [-0.2, 0) is 0 Å². The van der Waals surface area contributed by atoms with Crippen molar-refractivity contribution < 1.29 is 18.6 Å². The predicted molar refractivity (Wildman–Crippen MR) is 164 cm³/mol. The largest absolute Gasteiger partial charge is 0.491 e. The van der Waals surface area contributed by atoms with E-state index in [1.807, 2.05) is 25.1 Å². The molecule has 0 radical (unpaired) electrons. The van der Waals surface area contributed by atoms with Crippen LogP contribution in [0.15, 0.2) is 48.5 Å². The normalized spacial score (nSPS) is 19.4. The first-order valence-electron chi connectivity index (χ1n) is 14.5. The van der Waals surface area contributed by atoms with Gasteiger partial charge in [-0.3, -0.25) is 4.48 Å². The van der Waals surface area contributed by atoms with Gasteiger partial charge in [0.15, 0.2) is 11.6 Å². The monoisotopic (exact) mass is 583 g/mol. The summed E-state index contributed by atoms with van der Waals surface area (Å²) >= 11 is 6.72. The summed E-state index contributed by atoms with van der Waals surface area (Å²) in [6.07, 6.45) is 4.63. The molecule has 2 unspecified atom stereocenters. The van der Waals surface area contributed by atoms with Crippen LogP contribution in [0.5, 0.6) is 5.75 Å². The van der Waals surface area contributed by atoms with Gasteiger partial charge in [-0.1, -0.05) is 82.5 Å². The molecule has 1 N–H and O–H groups in total. The number of hydrogen-bond acceptors (Lipinski definition) is 3. The fourth-order valence-electron chi connectivity index (χ4n) is 6.74. The molecule has 0 saturated carbocycles. The van der Waals surface area contributed by atoms with Crippen LogP contribution in [0.1, 0.15) is 88.4 Å². The van der Waals surface area contributed by atoms with Crippen LogP contribution in [0.3, 0.4) is 0 Å². The second-order valence-corrected chi connectivity index (χ2v) is 11.1. The molecule has 0 saturated heterocycles. The minimum atomic E-state index is -0.680. The van der Waals surface area contributed by atoms with Crippen LogP contribution in [-0.4, -0.2) is 31.9 Å². The third kappa shape index (κ3) is 5.86. The molecule has 0 spiro atoms. The van der Waals surface area contributed by atoms with E-state index < -0.39 is 11.6 Å². The Balaban J connectivity index is 0.00000226. The van der Waals surface area contributed by atoms with Crippen molar-refractivity contribution >= 4 is 17.3 Å². The van der Waals surface area contributed by atoms with Crippen molar-refractivity contribution in [3.63, 3.8) is 0 Å². The number of rotatable bonds is 10. The van der Waals surface area contributed by atoms with Crippen molar-refractivity contribution in [2.24, 2.45) is 0 Å². The van der Waals surface area contributed by atoms with Crippen molar-refractivity contribution in [3.05, 3.63) is 81.9 Å². The van der Waals surface area contributed by atoms with Crippen LogP contribution < -0.4 is 9.22 Å². The first kappa shape index (κ1) is 32.5. The van der Waals surface area contributed by atoms with Gasteiger partial charge in [0.1, 0.15) is 17.5 Å². The number of fused-ring (bicyclic) bond motifs is 1. The number of aliphatic hydroxyl groups excluding tert-OH is 1. The summed E-state index contributed by atoms with van der Waals surface area (Å²) in [5, 5.41) is 16.8. The minimum Gasteiger partial charge on any atom is -0.491 e. The molecule has 1 aliphatic rings. The van der Waals surface area contributed by atoms with Crippen LogP contribution in [0.4, 0.5) is 14.5 Å². The zero-order valence-corrected chi connectivity index (χ0v) is 25.7. The summed E-state index contributed by atoms with van der Waals surface area (Å²) in [5.41, 5.74) is 3.14. The molecule has 3 aromatic carbocycles. The van der Waals surface area contributed by atoms with E-state index in [2.05, 4.69) is 46.0 Å². The first-order valence-corrected chi connectivity index (χ1v) is 14.9. The van der Waals surface area contributed by atoms with Gasteiger partial charge in [0.25, 0.3) is 0 Å². The Labute approximate surface area is 248 Å². The maximum atomic E-state index is 16.2. The molecule has 4 rings (SSSR count). The quantitative estimate of drug-likeness (QED) is 0.242. The maximum absolute atomic E-state index is 16.2. The van der Waals surface area contributed by atoms with E-state index in [0.717, 1.165) is 49.6 Å². The fraction of sp³-hybridized carbons (Fsp3) is 0.441. The molecule has 7 heteroatoms. The van der Waals surface area contributed by atoms with Crippen molar-refractivity contribution in [1.29, 1.82) is 5.26 Å². The Morgan fingerprint density at radius 1 is 1.00 bits per heavy atom. The van der Waals surface area contributed by atoms with Gasteiger partial charge in [-0.2, -0.15) is 5.26 Å². The standard InChI is InChI=1S/C33H38ClF2N2O.CH4O/c1-6-12-24(13-7-2)38(5)26-19-25(35)31(34)30(28(26)21(4)33(38)22-14-10-9-11-15-22)29-23(20-37)16-17-27(32(29)36)39-18-8-3;1-2/h9-11,14-17,19,21,24,33H,6-8,12-13,18H2,1-5H3;2H,1H3/q+1;/t21-,33?,38?;/m0./s1. The number of quaternary nitrogens is 1. The summed E-state index contributed by atoms with van der Waals surface area (Å²) < 4.78 is 38.2. The van der Waals surface area contributed by atoms with Crippen molar-refractivity contribution in [2.45, 2.75) is 77.8 Å². The minimum absolute atomic E-state index is 0.0153.